The van der Waals surface area contributed by atoms with Crippen molar-refractivity contribution in [3.63, 3.8) is 0 Å². The summed E-state index contributed by atoms with van der Waals surface area (Å²) < 4.78 is 0. The van der Waals surface area contributed by atoms with Crippen LogP contribution in [0.4, 0.5) is 0 Å². The van der Waals surface area contributed by atoms with Gasteiger partial charge in [0.1, 0.15) is 0 Å². The lowest BCUT2D eigenvalue weighted by Crippen LogP contribution is -2.10. The summed E-state index contributed by atoms with van der Waals surface area (Å²) in [4.78, 5) is 11.2. The van der Waals surface area contributed by atoms with Crippen molar-refractivity contribution >= 4 is 5.78 Å². The topological polar surface area (TPSA) is 43.1 Å². The van der Waals surface area contributed by atoms with E-state index in [9.17, 15) is 4.79 Å². The van der Waals surface area contributed by atoms with Gasteiger partial charge in [-0.1, -0.05) is 25.5 Å². The Morgan fingerprint density at radius 3 is 2.67 bits per heavy atom. The summed E-state index contributed by atoms with van der Waals surface area (Å²) in [5.41, 5.74) is 5.87. The predicted molar refractivity (Wildman–Crippen MR) is 51.6 cm³/mol. The maximum Gasteiger partial charge on any atom is 0.178 e. The molecule has 0 aliphatic carbocycles. The van der Waals surface area contributed by atoms with Crippen LogP contribution in [0.1, 0.15) is 33.1 Å². The molecule has 0 fully saturated rings. The third-order valence-electron chi connectivity index (χ3n) is 1.55. The van der Waals surface area contributed by atoms with Gasteiger partial charge in [0.25, 0.3) is 0 Å². The van der Waals surface area contributed by atoms with E-state index in [2.05, 4.69) is 6.92 Å². The molecule has 0 amide bonds. The summed E-state index contributed by atoms with van der Waals surface area (Å²) in [6.45, 7) is 3.94. The Bertz CT molecular complexity index is 192. The molecule has 0 saturated carbocycles. The van der Waals surface area contributed by atoms with Crippen LogP contribution in [0.2, 0.25) is 0 Å². The van der Waals surface area contributed by atoms with Gasteiger partial charge in [0.05, 0.1) is 5.70 Å². The van der Waals surface area contributed by atoms with Crippen LogP contribution in [0.25, 0.3) is 0 Å². The van der Waals surface area contributed by atoms with Crippen LogP contribution >= 0.6 is 0 Å². The monoisotopic (exact) mass is 167 g/mol. The van der Waals surface area contributed by atoms with Crippen LogP contribution < -0.4 is 5.73 Å². The summed E-state index contributed by atoms with van der Waals surface area (Å²) in [6.07, 6.45) is 7.79. The third kappa shape index (κ3) is 4.72. The molecule has 0 saturated heterocycles. The molecule has 0 atom stereocenters. The van der Waals surface area contributed by atoms with Crippen molar-refractivity contribution in [3.05, 3.63) is 23.9 Å². The van der Waals surface area contributed by atoms with Gasteiger partial charge in [-0.3, -0.25) is 4.79 Å². The first-order valence-electron chi connectivity index (χ1n) is 4.34. The van der Waals surface area contributed by atoms with Gasteiger partial charge < -0.3 is 5.73 Å². The molecule has 2 N–H and O–H groups in total. The molecule has 0 radical (unpaired) electrons. The molecule has 12 heavy (non-hydrogen) atoms. The van der Waals surface area contributed by atoms with Gasteiger partial charge in [0.2, 0.25) is 0 Å². The molecule has 0 heterocycles. The number of Topliss-reactive ketones (excluding diaryl/α,β-unsaturated/α-hetero) is 1. The number of carbonyl (C=O) groups is 1. The summed E-state index contributed by atoms with van der Waals surface area (Å²) in [5.74, 6) is 0.0509. The van der Waals surface area contributed by atoms with Gasteiger partial charge in [0, 0.05) is 6.42 Å². The number of hydrogen-bond acceptors (Lipinski definition) is 2. The molecule has 68 valence electrons. The fraction of sp³-hybridized carbons (Fsp3) is 0.500. The average Bonchev–Trinajstić information content (AvgIpc) is 2.10. The second kappa shape index (κ2) is 6.65. The van der Waals surface area contributed by atoms with E-state index in [1.807, 2.05) is 13.0 Å². The largest absolute Gasteiger partial charge is 0.396 e. The van der Waals surface area contributed by atoms with Gasteiger partial charge >= 0.3 is 0 Å². The second-order valence-electron chi connectivity index (χ2n) is 2.67. The standard InChI is InChI=1S/C10H17NO/c1-3-5-7-9(11)10(12)8-6-4-2/h3,5,7H,4,6,8,11H2,1-2H3/b5-3-,9-7+. The van der Waals surface area contributed by atoms with Crippen LogP contribution in [0.3, 0.4) is 0 Å². The molecule has 2 nitrogen and oxygen atoms in total. The Balaban J connectivity index is 3.92. The quantitative estimate of drug-likeness (QED) is 0.503. The lowest BCUT2D eigenvalue weighted by molar-refractivity contribution is -0.115. The Morgan fingerprint density at radius 1 is 1.50 bits per heavy atom. The zero-order valence-electron chi connectivity index (χ0n) is 7.84. The minimum atomic E-state index is 0.0509. The maximum absolute atomic E-state index is 11.2. The van der Waals surface area contributed by atoms with E-state index < -0.39 is 0 Å². The van der Waals surface area contributed by atoms with Gasteiger partial charge in [-0.05, 0) is 19.4 Å². The van der Waals surface area contributed by atoms with E-state index in [1.165, 1.54) is 0 Å². The lowest BCUT2D eigenvalue weighted by Gasteiger charge is -1.97. The Kier molecular flexibility index (Phi) is 6.07. The van der Waals surface area contributed by atoms with E-state index >= 15 is 0 Å². The average molecular weight is 167 g/mol. The minimum Gasteiger partial charge on any atom is -0.396 e. The molecule has 0 aliphatic heterocycles. The molecule has 0 unspecified atom stereocenters. The highest BCUT2D eigenvalue weighted by Gasteiger charge is 2.02. The van der Waals surface area contributed by atoms with Crippen LogP contribution in [0.5, 0.6) is 0 Å². The van der Waals surface area contributed by atoms with Crippen molar-refractivity contribution < 1.29 is 4.79 Å². The molecule has 0 aromatic carbocycles. The Labute approximate surface area is 74.1 Å². The van der Waals surface area contributed by atoms with Gasteiger partial charge in [-0.25, -0.2) is 0 Å². The molecule has 0 spiro atoms. The normalized spacial score (nSPS) is 12.3. The van der Waals surface area contributed by atoms with Crippen molar-refractivity contribution in [2.75, 3.05) is 0 Å². The second-order valence-corrected chi connectivity index (χ2v) is 2.67. The van der Waals surface area contributed by atoms with E-state index in [-0.39, 0.29) is 5.78 Å². The summed E-state index contributed by atoms with van der Waals surface area (Å²) in [6, 6.07) is 0. The maximum atomic E-state index is 11.2. The SMILES string of the molecule is C/C=C\C=C(\N)C(=O)CCCC. The zero-order chi connectivity index (χ0) is 9.40. The van der Waals surface area contributed by atoms with Crippen LogP contribution in [0.15, 0.2) is 23.9 Å². The molecule has 0 aromatic rings. The number of unbranched alkanes of at least 4 members (excludes halogenated alkanes) is 1. The van der Waals surface area contributed by atoms with E-state index in [1.54, 1.807) is 12.2 Å². The highest BCUT2D eigenvalue weighted by atomic mass is 16.1. The number of rotatable bonds is 5. The van der Waals surface area contributed by atoms with E-state index in [0.29, 0.717) is 12.1 Å². The zero-order valence-corrected chi connectivity index (χ0v) is 7.84. The molecular formula is C10H17NO. The van der Waals surface area contributed by atoms with Gasteiger partial charge in [0.15, 0.2) is 5.78 Å². The van der Waals surface area contributed by atoms with Gasteiger partial charge in [-0.15, -0.1) is 0 Å². The van der Waals surface area contributed by atoms with Crippen molar-refractivity contribution in [2.45, 2.75) is 33.1 Å². The first kappa shape index (κ1) is 11.0. The molecule has 0 rings (SSSR count). The third-order valence-corrected chi connectivity index (χ3v) is 1.55. The molecular weight excluding hydrogens is 150 g/mol. The van der Waals surface area contributed by atoms with Crippen LogP contribution in [-0.2, 0) is 4.79 Å². The van der Waals surface area contributed by atoms with E-state index in [4.69, 9.17) is 5.73 Å². The number of ketones is 1. The number of carbonyl (C=O) groups excluding carboxylic acids is 1. The predicted octanol–water partition coefficient (Wildman–Crippen LogP) is 2.16. The first-order chi connectivity index (χ1) is 5.72. The Hall–Kier alpha value is -1.05. The van der Waals surface area contributed by atoms with Gasteiger partial charge in [-0.2, -0.15) is 0 Å². The van der Waals surface area contributed by atoms with Crippen molar-refractivity contribution in [3.8, 4) is 0 Å². The molecule has 2 heteroatoms. The van der Waals surface area contributed by atoms with Crippen LogP contribution in [0, 0.1) is 0 Å². The van der Waals surface area contributed by atoms with Crippen molar-refractivity contribution in [1.29, 1.82) is 0 Å². The molecule has 0 aliphatic rings. The highest BCUT2D eigenvalue weighted by Crippen LogP contribution is 1.99. The van der Waals surface area contributed by atoms with Crippen molar-refractivity contribution in [1.82, 2.24) is 0 Å². The minimum absolute atomic E-state index is 0.0509. The fourth-order valence-electron chi connectivity index (χ4n) is 0.775. The van der Waals surface area contributed by atoms with Crippen molar-refractivity contribution in [2.24, 2.45) is 5.73 Å². The number of nitrogens with two attached hydrogens (primary N) is 1. The summed E-state index contributed by atoms with van der Waals surface area (Å²) >= 11 is 0. The number of allylic oxidation sites excluding steroid dienone is 4. The first-order valence-corrected chi connectivity index (χ1v) is 4.34. The van der Waals surface area contributed by atoms with E-state index in [0.717, 1.165) is 12.8 Å². The highest BCUT2D eigenvalue weighted by molar-refractivity contribution is 5.94. The molecule has 0 bridgehead atoms. The molecule has 0 aromatic heterocycles. The van der Waals surface area contributed by atoms with Crippen LogP contribution in [-0.4, -0.2) is 5.78 Å². The fourth-order valence-corrected chi connectivity index (χ4v) is 0.775. The summed E-state index contributed by atoms with van der Waals surface area (Å²) in [5, 5.41) is 0. The Morgan fingerprint density at radius 2 is 2.17 bits per heavy atom. The smallest absolute Gasteiger partial charge is 0.178 e. The lowest BCUT2D eigenvalue weighted by atomic mass is 10.1. The number of hydrogen-bond donors (Lipinski definition) is 1. The summed E-state index contributed by atoms with van der Waals surface area (Å²) in [7, 11) is 0.